The van der Waals surface area contributed by atoms with Gasteiger partial charge in [0.2, 0.25) is 5.91 Å². The molecule has 2 bridgehead atoms. The minimum absolute atomic E-state index is 0.0873. The lowest BCUT2D eigenvalue weighted by molar-refractivity contribution is -0.146. The Morgan fingerprint density at radius 1 is 1.07 bits per heavy atom. The van der Waals surface area contributed by atoms with Gasteiger partial charge in [0.05, 0.1) is 17.4 Å². The Bertz CT molecular complexity index is 1040. The molecule has 0 spiro atoms. The number of benzene rings is 1. The normalized spacial score (nSPS) is 24.6. The molecule has 1 aromatic heterocycles. The van der Waals surface area contributed by atoms with Crippen molar-refractivity contribution < 1.29 is 19.5 Å². The van der Waals surface area contributed by atoms with E-state index >= 15 is 0 Å². The molecule has 0 unspecified atom stereocenters. The number of carbonyl (C=O) groups excluding carboxylic acids is 2. The van der Waals surface area contributed by atoms with Crippen LogP contribution >= 0.6 is 11.3 Å². The van der Waals surface area contributed by atoms with E-state index in [4.69, 9.17) is 5.73 Å². The van der Waals surface area contributed by atoms with Crippen molar-refractivity contribution in [2.75, 3.05) is 5.32 Å². The van der Waals surface area contributed by atoms with Gasteiger partial charge in [-0.1, -0.05) is 42.0 Å². The molecule has 0 radical (unpaired) electrons. The summed E-state index contributed by atoms with van der Waals surface area (Å²) in [5.41, 5.74) is 8.60. The topological polar surface area (TPSA) is 109 Å². The monoisotopic (exact) mass is 410 g/mol. The van der Waals surface area contributed by atoms with Crippen molar-refractivity contribution in [1.29, 1.82) is 0 Å². The number of nitrogens with two attached hydrogens (primary N) is 1. The first-order chi connectivity index (χ1) is 13.8. The zero-order valence-electron chi connectivity index (χ0n) is 16.1. The third-order valence-electron chi connectivity index (χ3n) is 5.95. The quantitative estimate of drug-likeness (QED) is 0.654. The minimum atomic E-state index is -0.958. The lowest BCUT2D eigenvalue weighted by atomic mass is 9.82. The first kappa shape index (κ1) is 19.4. The van der Waals surface area contributed by atoms with Gasteiger partial charge in [-0.25, -0.2) is 0 Å². The second-order valence-electron chi connectivity index (χ2n) is 7.80. The van der Waals surface area contributed by atoms with Crippen LogP contribution in [0.5, 0.6) is 0 Å². The largest absolute Gasteiger partial charge is 0.481 e. The number of hydrogen-bond acceptors (Lipinski definition) is 4. The number of nitrogens with one attached hydrogen (secondary N) is 1. The van der Waals surface area contributed by atoms with Crippen LogP contribution < -0.4 is 11.1 Å². The molecule has 2 amide bonds. The Balaban J connectivity index is 1.69. The van der Waals surface area contributed by atoms with E-state index in [0.29, 0.717) is 17.0 Å². The number of hydrogen-bond donors (Lipinski definition) is 3. The summed E-state index contributed by atoms with van der Waals surface area (Å²) in [6.45, 7) is 3.86. The van der Waals surface area contributed by atoms with E-state index in [1.807, 2.05) is 50.3 Å². The molecule has 1 aromatic carbocycles. The number of fused-ring (bicyclic) bond motifs is 2. The highest BCUT2D eigenvalue weighted by molar-refractivity contribution is 7.17. The van der Waals surface area contributed by atoms with Gasteiger partial charge in [-0.2, -0.15) is 0 Å². The van der Waals surface area contributed by atoms with E-state index in [0.717, 1.165) is 16.0 Å². The summed E-state index contributed by atoms with van der Waals surface area (Å²) in [5.74, 6) is -3.53. The fourth-order valence-electron chi connectivity index (χ4n) is 4.65. The molecule has 7 heteroatoms. The molecular formula is C22H22N2O4S. The third kappa shape index (κ3) is 3.25. The van der Waals surface area contributed by atoms with Crippen LogP contribution in [-0.4, -0.2) is 22.9 Å². The fraction of sp³-hybridized carbons (Fsp3) is 0.318. The van der Waals surface area contributed by atoms with Crippen molar-refractivity contribution in [3.05, 3.63) is 52.4 Å². The van der Waals surface area contributed by atoms with Gasteiger partial charge in [-0.05, 0) is 37.7 Å². The molecule has 1 saturated carbocycles. The van der Waals surface area contributed by atoms with Gasteiger partial charge in [-0.15, -0.1) is 11.3 Å². The maximum absolute atomic E-state index is 13.0. The Labute approximate surface area is 172 Å². The molecule has 2 aromatic rings. The highest BCUT2D eigenvalue weighted by atomic mass is 32.1. The average Bonchev–Trinajstić information content (AvgIpc) is 3.35. The Hall–Kier alpha value is -2.93. The molecule has 4 atom stereocenters. The summed E-state index contributed by atoms with van der Waals surface area (Å²) in [5, 5.41) is 12.8. The van der Waals surface area contributed by atoms with Crippen LogP contribution in [0, 0.1) is 37.5 Å². The minimum Gasteiger partial charge on any atom is -0.481 e. The van der Waals surface area contributed by atoms with E-state index in [1.165, 1.54) is 11.3 Å². The van der Waals surface area contributed by atoms with Crippen LogP contribution in [0.1, 0.15) is 27.2 Å². The first-order valence-electron chi connectivity index (χ1n) is 9.50. The molecule has 6 nitrogen and oxygen atoms in total. The summed E-state index contributed by atoms with van der Waals surface area (Å²) in [4.78, 5) is 37.9. The van der Waals surface area contributed by atoms with Gasteiger partial charge >= 0.3 is 5.97 Å². The number of aryl methyl sites for hydroxylation is 2. The number of rotatable bonds is 5. The third-order valence-corrected chi connectivity index (χ3v) is 6.98. The Kier molecular flexibility index (Phi) is 4.78. The van der Waals surface area contributed by atoms with Crippen molar-refractivity contribution in [1.82, 2.24) is 0 Å². The number of allylic oxidation sites excluding steroid dienone is 2. The molecule has 150 valence electrons. The maximum atomic E-state index is 13.0. The second-order valence-corrected chi connectivity index (χ2v) is 9.02. The summed E-state index contributed by atoms with van der Waals surface area (Å²) in [6, 6.07) is 7.75. The molecule has 0 aliphatic heterocycles. The summed E-state index contributed by atoms with van der Waals surface area (Å²) < 4.78 is 0. The second kappa shape index (κ2) is 7.15. The van der Waals surface area contributed by atoms with Crippen LogP contribution in [0.25, 0.3) is 11.1 Å². The zero-order chi connectivity index (χ0) is 20.9. The fourth-order valence-corrected chi connectivity index (χ4v) is 5.73. The van der Waals surface area contributed by atoms with Crippen molar-refractivity contribution >= 4 is 34.1 Å². The zero-order valence-corrected chi connectivity index (χ0v) is 17.0. The number of anilines is 1. The van der Waals surface area contributed by atoms with Gasteiger partial charge < -0.3 is 16.2 Å². The lowest BCUT2D eigenvalue weighted by Gasteiger charge is -2.23. The van der Waals surface area contributed by atoms with Crippen molar-refractivity contribution in [2.24, 2.45) is 29.4 Å². The van der Waals surface area contributed by atoms with Crippen molar-refractivity contribution in [3.63, 3.8) is 0 Å². The number of aliphatic carboxylic acids is 1. The number of amides is 2. The summed E-state index contributed by atoms with van der Waals surface area (Å²) >= 11 is 1.29. The molecular weight excluding hydrogens is 388 g/mol. The predicted molar refractivity (Wildman–Crippen MR) is 112 cm³/mol. The highest BCUT2D eigenvalue weighted by Crippen LogP contribution is 2.49. The Morgan fingerprint density at radius 2 is 1.69 bits per heavy atom. The van der Waals surface area contributed by atoms with Gasteiger partial charge in [0.25, 0.3) is 5.91 Å². The first-order valence-corrected chi connectivity index (χ1v) is 10.3. The predicted octanol–water partition coefficient (Wildman–Crippen LogP) is 3.59. The van der Waals surface area contributed by atoms with Crippen molar-refractivity contribution in [2.45, 2.75) is 20.3 Å². The standard InChI is InChI=1S/C22H22N2O4S/c1-10-3-5-12(6-4-10)15-11(2)29-21(18(15)19(23)25)24-20(26)16-13-7-8-14(9-13)17(16)22(27)28/h3-8,13-14,16-17H,9H2,1-2H3,(H2,23,25)(H,24,26)(H,27,28)/t13-,14-,16-,17+/m0/s1. The summed E-state index contributed by atoms with van der Waals surface area (Å²) in [6.07, 6.45) is 4.50. The maximum Gasteiger partial charge on any atom is 0.307 e. The van der Waals surface area contributed by atoms with Gasteiger partial charge in [0.1, 0.15) is 5.00 Å². The smallest absolute Gasteiger partial charge is 0.307 e. The molecule has 1 heterocycles. The number of carboxylic acid groups (broad SMARTS) is 1. The van der Waals surface area contributed by atoms with E-state index in [9.17, 15) is 19.5 Å². The number of thiophene rings is 1. The molecule has 4 rings (SSSR count). The molecule has 29 heavy (non-hydrogen) atoms. The van der Waals surface area contributed by atoms with Gasteiger partial charge in [0.15, 0.2) is 0 Å². The molecule has 2 aliphatic rings. The average molecular weight is 410 g/mol. The molecule has 1 fully saturated rings. The van der Waals surface area contributed by atoms with E-state index in [-0.39, 0.29) is 23.3 Å². The SMILES string of the molecule is Cc1ccc(-c2c(C)sc(NC(=O)[C@@H]3[C@H](C(=O)O)[C@H]4C=C[C@H]3C4)c2C(N)=O)cc1. The van der Waals surface area contributed by atoms with E-state index < -0.39 is 23.7 Å². The van der Waals surface area contributed by atoms with Crippen LogP contribution in [0.3, 0.4) is 0 Å². The molecule has 4 N–H and O–H groups in total. The number of carboxylic acids is 1. The van der Waals surface area contributed by atoms with Crippen LogP contribution in [0.2, 0.25) is 0 Å². The molecule has 0 saturated heterocycles. The van der Waals surface area contributed by atoms with E-state index in [2.05, 4.69) is 5.32 Å². The lowest BCUT2D eigenvalue weighted by Crippen LogP contribution is -2.36. The van der Waals surface area contributed by atoms with Crippen LogP contribution in [0.4, 0.5) is 5.00 Å². The number of carbonyl (C=O) groups is 3. The molecule has 2 aliphatic carbocycles. The highest BCUT2D eigenvalue weighted by Gasteiger charge is 2.51. The van der Waals surface area contributed by atoms with Crippen molar-refractivity contribution in [3.8, 4) is 11.1 Å². The number of primary amides is 1. The van der Waals surface area contributed by atoms with Crippen LogP contribution in [0.15, 0.2) is 36.4 Å². The van der Waals surface area contributed by atoms with E-state index in [1.54, 1.807) is 0 Å². The van der Waals surface area contributed by atoms with Gasteiger partial charge in [-0.3, -0.25) is 14.4 Å². The Morgan fingerprint density at radius 3 is 2.28 bits per heavy atom. The van der Waals surface area contributed by atoms with Gasteiger partial charge in [0, 0.05) is 10.4 Å². The summed E-state index contributed by atoms with van der Waals surface area (Å²) in [7, 11) is 0. The van der Waals surface area contributed by atoms with Crippen LogP contribution in [-0.2, 0) is 9.59 Å².